The second kappa shape index (κ2) is 16.3. The van der Waals surface area contributed by atoms with Crippen molar-refractivity contribution in [1.82, 2.24) is 19.6 Å². The lowest BCUT2D eigenvalue weighted by molar-refractivity contribution is -0.172. The zero-order chi connectivity index (χ0) is 36.0. The number of anilines is 1. The zero-order valence-electron chi connectivity index (χ0n) is 29.7. The molecule has 3 aliphatic rings. The number of para-hydroxylation sites is 2. The quantitative estimate of drug-likeness (QED) is 0.243. The van der Waals surface area contributed by atoms with Crippen molar-refractivity contribution < 1.29 is 33.6 Å². The Morgan fingerprint density at radius 2 is 1.61 bits per heavy atom. The molecule has 0 unspecified atom stereocenters. The normalized spacial score (nSPS) is 21.5. The summed E-state index contributed by atoms with van der Waals surface area (Å²) in [6, 6.07) is 19.3. The fraction of sp³-hybridized carbons (Fsp3) is 0.500. The Kier molecular flexibility index (Phi) is 11.6. The van der Waals surface area contributed by atoms with E-state index >= 15 is 0 Å². The maximum atomic E-state index is 14.3. The van der Waals surface area contributed by atoms with Crippen LogP contribution in [0.15, 0.2) is 77.3 Å². The van der Waals surface area contributed by atoms with E-state index < -0.39 is 17.7 Å². The molecule has 51 heavy (non-hydrogen) atoms. The van der Waals surface area contributed by atoms with Crippen LogP contribution < -0.4 is 15.8 Å². The second-order valence-corrected chi connectivity index (χ2v) is 13.1. The molecule has 3 aliphatic heterocycles. The number of ether oxygens (including phenoxy) is 4. The highest BCUT2D eigenvalue weighted by molar-refractivity contribution is 5.95. The number of aliphatic hydroxyl groups is 1. The number of amides is 2. The third-order valence-corrected chi connectivity index (χ3v) is 10.3. The van der Waals surface area contributed by atoms with Crippen LogP contribution in [0.5, 0.6) is 0 Å². The molecule has 3 atom stereocenters. The van der Waals surface area contributed by atoms with Gasteiger partial charge in [0.05, 0.1) is 38.8 Å². The summed E-state index contributed by atoms with van der Waals surface area (Å²) >= 11 is 0. The van der Waals surface area contributed by atoms with Crippen LogP contribution in [0.2, 0.25) is 0 Å². The third kappa shape index (κ3) is 7.34. The van der Waals surface area contributed by atoms with Crippen molar-refractivity contribution in [2.24, 2.45) is 13.0 Å². The summed E-state index contributed by atoms with van der Waals surface area (Å²) in [5.41, 5.74) is 2.11. The predicted octanol–water partition coefficient (Wildman–Crippen LogP) is 2.83. The van der Waals surface area contributed by atoms with Crippen LogP contribution in [-0.2, 0) is 35.6 Å². The number of hydrogen-bond donors (Lipinski definition) is 2. The number of carbonyl (C=O) groups is 2. The summed E-state index contributed by atoms with van der Waals surface area (Å²) in [5, 5.41) is 12.0. The average Bonchev–Trinajstić information content (AvgIpc) is 3.58. The molecule has 3 aromatic rings. The minimum Gasteiger partial charge on any atom is -0.459 e. The van der Waals surface area contributed by atoms with Crippen LogP contribution in [0.1, 0.15) is 43.4 Å². The molecule has 2 N–H and O–H groups in total. The molecule has 2 amide bonds. The maximum Gasteiger partial charge on any atom is 0.288 e. The molecule has 0 aliphatic carbocycles. The molecule has 274 valence electrons. The van der Waals surface area contributed by atoms with E-state index in [0.717, 1.165) is 17.1 Å². The van der Waals surface area contributed by atoms with Gasteiger partial charge in [0.2, 0.25) is 12.2 Å². The molecule has 1 aromatic heterocycles. The van der Waals surface area contributed by atoms with Gasteiger partial charge < -0.3 is 39.2 Å². The van der Waals surface area contributed by atoms with Gasteiger partial charge in [0.1, 0.15) is 5.54 Å². The first-order valence-corrected chi connectivity index (χ1v) is 17.8. The highest BCUT2D eigenvalue weighted by Crippen LogP contribution is 2.41. The Morgan fingerprint density at radius 1 is 0.961 bits per heavy atom. The van der Waals surface area contributed by atoms with E-state index in [1.54, 1.807) is 15.7 Å². The number of piperidine rings is 1. The summed E-state index contributed by atoms with van der Waals surface area (Å²) in [7, 11) is 1.86. The SMILES string of the molecule is CCO[C@H]1OC(C(=O)N2CCC3(CC2)C(=O)NCN3c2ccccc2)=C[C@@H](c2c(C)n(C)n(-c3ccccc3)c2=O)[C@H]1CCOCCOCCO. The first kappa shape index (κ1) is 36.4. The number of carbonyl (C=O) groups excluding carboxylic acids is 2. The van der Waals surface area contributed by atoms with Gasteiger partial charge in [-0.2, -0.15) is 0 Å². The number of nitrogens with zero attached hydrogens (tertiary/aromatic N) is 4. The van der Waals surface area contributed by atoms with E-state index in [2.05, 4.69) is 10.2 Å². The molecule has 0 bridgehead atoms. The van der Waals surface area contributed by atoms with Crippen molar-refractivity contribution in [2.75, 3.05) is 64.3 Å². The van der Waals surface area contributed by atoms with Gasteiger partial charge in [-0.1, -0.05) is 36.4 Å². The van der Waals surface area contributed by atoms with Crippen molar-refractivity contribution in [3.8, 4) is 5.69 Å². The topological polar surface area (TPSA) is 137 Å². The van der Waals surface area contributed by atoms with E-state index in [1.807, 2.05) is 86.2 Å². The monoisotopic (exact) mass is 703 g/mol. The van der Waals surface area contributed by atoms with Gasteiger partial charge in [0, 0.05) is 62.1 Å². The minimum absolute atomic E-state index is 0.0256. The molecular formula is C38H49N5O8. The molecule has 4 heterocycles. The van der Waals surface area contributed by atoms with Crippen LogP contribution in [0.25, 0.3) is 5.69 Å². The lowest BCUT2D eigenvalue weighted by atomic mass is 9.81. The van der Waals surface area contributed by atoms with E-state index in [0.29, 0.717) is 71.0 Å². The van der Waals surface area contributed by atoms with Gasteiger partial charge in [-0.15, -0.1) is 0 Å². The van der Waals surface area contributed by atoms with Gasteiger partial charge in [-0.05, 0) is 63.5 Å². The largest absolute Gasteiger partial charge is 0.459 e. The van der Waals surface area contributed by atoms with E-state index in [1.165, 1.54) is 0 Å². The lowest BCUT2D eigenvalue weighted by Crippen LogP contribution is -2.57. The molecular weight excluding hydrogens is 654 g/mol. The standard InChI is InChI=1S/C38H49N5O8/c1-4-50-36-30(15-21-48-23-24-49-22-20-44)31(33-27(2)40(3)43(35(33)46)29-13-9-6-10-14-29)25-32(51-36)34(45)41-18-16-38(17-19-41)37(47)39-26-42(38)28-11-7-5-8-12-28/h5-14,25,30-31,36,44H,4,15-24,26H2,1-3H3,(H,39,47)/t30-,31-,36+/m1/s1. The van der Waals surface area contributed by atoms with Crippen LogP contribution >= 0.6 is 0 Å². The van der Waals surface area contributed by atoms with Crippen molar-refractivity contribution in [3.05, 3.63) is 94.1 Å². The Bertz CT molecular complexity index is 1730. The first-order valence-electron chi connectivity index (χ1n) is 17.8. The maximum absolute atomic E-state index is 14.3. The molecule has 13 nitrogen and oxygen atoms in total. The Morgan fingerprint density at radius 3 is 2.25 bits per heavy atom. The van der Waals surface area contributed by atoms with Crippen molar-refractivity contribution in [3.63, 3.8) is 0 Å². The third-order valence-electron chi connectivity index (χ3n) is 10.3. The number of hydrogen-bond acceptors (Lipinski definition) is 9. The number of rotatable bonds is 14. The molecule has 2 aromatic carbocycles. The average molecular weight is 704 g/mol. The summed E-state index contributed by atoms with van der Waals surface area (Å²) in [4.78, 5) is 45.7. The number of benzene rings is 2. The molecule has 0 radical (unpaired) electrons. The highest BCUT2D eigenvalue weighted by Gasteiger charge is 2.51. The van der Waals surface area contributed by atoms with Crippen LogP contribution in [0, 0.1) is 12.8 Å². The number of allylic oxidation sites excluding steroid dienone is 1. The Labute approximate surface area is 298 Å². The summed E-state index contributed by atoms with van der Waals surface area (Å²) in [5.74, 6) is -1.05. The fourth-order valence-electron chi connectivity index (χ4n) is 7.61. The van der Waals surface area contributed by atoms with Gasteiger partial charge in [-0.25, -0.2) is 4.68 Å². The second-order valence-electron chi connectivity index (χ2n) is 13.1. The Balaban J connectivity index is 1.29. The molecule has 1 spiro atoms. The van der Waals surface area contributed by atoms with Gasteiger partial charge in [-0.3, -0.25) is 19.1 Å². The molecule has 13 heteroatoms. The van der Waals surface area contributed by atoms with Crippen molar-refractivity contribution >= 4 is 17.5 Å². The molecule has 6 rings (SSSR count). The van der Waals surface area contributed by atoms with Crippen molar-refractivity contribution in [2.45, 2.75) is 50.9 Å². The molecule has 0 saturated carbocycles. The number of likely N-dealkylation sites (tertiary alicyclic amines) is 1. The fourth-order valence-corrected chi connectivity index (χ4v) is 7.61. The first-order chi connectivity index (χ1) is 24.8. The number of aromatic nitrogens is 2. The smallest absolute Gasteiger partial charge is 0.288 e. The molecule has 2 fully saturated rings. The van der Waals surface area contributed by atoms with E-state index in [9.17, 15) is 14.4 Å². The van der Waals surface area contributed by atoms with Gasteiger partial charge in [0.25, 0.3) is 11.5 Å². The van der Waals surface area contributed by atoms with Gasteiger partial charge >= 0.3 is 0 Å². The summed E-state index contributed by atoms with van der Waals surface area (Å²) in [6.07, 6.45) is 2.39. The minimum atomic E-state index is -0.812. The number of nitrogens with one attached hydrogen (secondary N) is 1. The van der Waals surface area contributed by atoms with E-state index in [4.69, 9.17) is 24.1 Å². The lowest BCUT2D eigenvalue weighted by Gasteiger charge is -2.44. The van der Waals surface area contributed by atoms with Crippen LogP contribution in [-0.4, -0.2) is 102 Å². The predicted molar refractivity (Wildman–Crippen MR) is 190 cm³/mol. The van der Waals surface area contributed by atoms with E-state index in [-0.39, 0.29) is 42.3 Å². The van der Waals surface area contributed by atoms with Gasteiger partial charge in [0.15, 0.2) is 5.76 Å². The zero-order valence-corrected chi connectivity index (χ0v) is 29.7. The highest BCUT2D eigenvalue weighted by atomic mass is 16.7. The van der Waals surface area contributed by atoms with Crippen LogP contribution in [0.4, 0.5) is 5.69 Å². The summed E-state index contributed by atoms with van der Waals surface area (Å²) < 4.78 is 27.2. The Hall–Kier alpha value is -4.43. The summed E-state index contributed by atoms with van der Waals surface area (Å²) in [6.45, 7) is 6.49. The number of aliphatic hydroxyl groups excluding tert-OH is 1. The van der Waals surface area contributed by atoms with Crippen molar-refractivity contribution in [1.29, 1.82) is 0 Å². The molecule has 2 saturated heterocycles. The van der Waals surface area contributed by atoms with Crippen LogP contribution in [0.3, 0.4) is 0 Å².